The third-order valence-electron chi connectivity index (χ3n) is 4.68. The van der Waals surface area contributed by atoms with Gasteiger partial charge in [-0.05, 0) is 25.1 Å². The molecule has 0 atom stereocenters. The van der Waals surface area contributed by atoms with Gasteiger partial charge in [0.2, 0.25) is 15.9 Å². The van der Waals surface area contributed by atoms with Crippen molar-refractivity contribution in [1.82, 2.24) is 24.1 Å². The molecule has 1 aromatic carbocycles. The molecule has 0 spiro atoms. The van der Waals surface area contributed by atoms with E-state index in [1.54, 1.807) is 50.8 Å². The second-order valence-electron chi connectivity index (χ2n) is 6.70. The molecule has 0 radical (unpaired) electrons. The van der Waals surface area contributed by atoms with Crippen molar-refractivity contribution in [3.05, 3.63) is 30.7 Å². The van der Waals surface area contributed by atoms with Crippen LogP contribution in [-0.2, 0) is 21.9 Å². The van der Waals surface area contributed by atoms with E-state index >= 15 is 0 Å². The standard InChI is InChI=1S/C20H26N6O4S2/c1-5-26(6-2)32(28,29)17-10-14(8-9-16(17)30-7-3)24-18(27)12-31-20-15-11-23-25(4)19(15)21-13-22-20/h8-11,13H,5-7,12H2,1-4H3,(H,24,27). The summed E-state index contributed by atoms with van der Waals surface area (Å²) >= 11 is 1.26. The van der Waals surface area contributed by atoms with Crippen LogP contribution in [-0.4, -0.2) is 63.8 Å². The zero-order valence-corrected chi connectivity index (χ0v) is 20.0. The highest BCUT2D eigenvalue weighted by Gasteiger charge is 2.26. The highest BCUT2D eigenvalue weighted by Crippen LogP contribution is 2.30. The van der Waals surface area contributed by atoms with Crippen molar-refractivity contribution in [1.29, 1.82) is 0 Å². The van der Waals surface area contributed by atoms with Crippen LogP contribution in [0.1, 0.15) is 20.8 Å². The van der Waals surface area contributed by atoms with E-state index in [0.717, 1.165) is 5.39 Å². The molecular weight excluding hydrogens is 452 g/mol. The number of rotatable bonds is 10. The van der Waals surface area contributed by atoms with Gasteiger partial charge in [0.05, 0.1) is 23.9 Å². The number of ether oxygens (including phenoxy) is 1. The van der Waals surface area contributed by atoms with Crippen molar-refractivity contribution in [2.45, 2.75) is 30.7 Å². The molecule has 3 aromatic rings. The Kier molecular flexibility index (Phi) is 7.69. The second kappa shape index (κ2) is 10.3. The molecule has 0 fully saturated rings. The number of hydrogen-bond acceptors (Lipinski definition) is 8. The number of thioether (sulfide) groups is 1. The van der Waals surface area contributed by atoms with E-state index in [9.17, 15) is 13.2 Å². The molecule has 2 heterocycles. The van der Waals surface area contributed by atoms with Crippen molar-refractivity contribution in [2.75, 3.05) is 30.8 Å². The van der Waals surface area contributed by atoms with Gasteiger partial charge in [-0.15, -0.1) is 0 Å². The predicted octanol–water partition coefficient (Wildman–Crippen LogP) is 2.52. The molecule has 32 heavy (non-hydrogen) atoms. The maximum absolute atomic E-state index is 13.1. The number of hydrogen-bond donors (Lipinski definition) is 1. The molecule has 1 amide bonds. The van der Waals surface area contributed by atoms with Gasteiger partial charge in [-0.25, -0.2) is 18.4 Å². The number of nitrogens with one attached hydrogen (secondary N) is 1. The van der Waals surface area contributed by atoms with Gasteiger partial charge in [0.25, 0.3) is 0 Å². The lowest BCUT2D eigenvalue weighted by atomic mass is 10.3. The van der Waals surface area contributed by atoms with Gasteiger partial charge in [-0.1, -0.05) is 25.6 Å². The van der Waals surface area contributed by atoms with Crippen molar-refractivity contribution in [2.24, 2.45) is 7.05 Å². The fourth-order valence-corrected chi connectivity index (χ4v) is 5.53. The number of benzene rings is 1. The molecule has 0 bridgehead atoms. The topological polar surface area (TPSA) is 119 Å². The SMILES string of the molecule is CCOc1ccc(NC(=O)CSc2ncnc3c2cnn3C)cc1S(=O)(=O)N(CC)CC. The Morgan fingerprint density at radius 1 is 1.22 bits per heavy atom. The highest BCUT2D eigenvalue weighted by atomic mass is 32.2. The van der Waals surface area contributed by atoms with Gasteiger partial charge in [-0.2, -0.15) is 9.40 Å². The molecule has 0 aliphatic heterocycles. The Bertz CT molecular complexity index is 1210. The van der Waals surface area contributed by atoms with Crippen LogP contribution in [0.3, 0.4) is 0 Å². The minimum absolute atomic E-state index is 0.0290. The van der Waals surface area contributed by atoms with Crippen LogP contribution < -0.4 is 10.1 Å². The first-order valence-corrected chi connectivity index (χ1v) is 12.6. The lowest BCUT2D eigenvalue weighted by Gasteiger charge is -2.21. The molecule has 1 N–H and O–H groups in total. The third kappa shape index (κ3) is 5.03. The molecule has 0 saturated carbocycles. The fourth-order valence-electron chi connectivity index (χ4n) is 3.15. The fraction of sp³-hybridized carbons (Fsp3) is 0.400. The van der Waals surface area contributed by atoms with E-state index in [1.807, 2.05) is 0 Å². The molecule has 10 nitrogen and oxygen atoms in total. The number of carbonyl (C=O) groups is 1. The predicted molar refractivity (Wildman–Crippen MR) is 123 cm³/mol. The molecule has 2 aromatic heterocycles. The minimum atomic E-state index is -3.76. The Labute approximate surface area is 191 Å². The van der Waals surface area contributed by atoms with E-state index in [-0.39, 0.29) is 22.3 Å². The number of aromatic nitrogens is 4. The molecule has 0 unspecified atom stereocenters. The van der Waals surface area contributed by atoms with Gasteiger partial charge in [-0.3, -0.25) is 9.48 Å². The third-order valence-corrected chi connectivity index (χ3v) is 7.76. The molecule has 0 aliphatic carbocycles. The summed E-state index contributed by atoms with van der Waals surface area (Å²) in [5.74, 6) is 0.0551. The van der Waals surface area contributed by atoms with Gasteiger partial charge in [0.15, 0.2) is 5.65 Å². The highest BCUT2D eigenvalue weighted by molar-refractivity contribution is 8.00. The summed E-state index contributed by atoms with van der Waals surface area (Å²) in [7, 11) is -1.98. The van der Waals surface area contributed by atoms with Gasteiger partial charge in [0, 0.05) is 25.8 Å². The molecule has 0 saturated heterocycles. The summed E-state index contributed by atoms with van der Waals surface area (Å²) in [4.78, 5) is 21.0. The number of aryl methyl sites for hydroxylation is 1. The summed E-state index contributed by atoms with van der Waals surface area (Å²) in [5.41, 5.74) is 1.06. The first kappa shape index (κ1) is 24.0. The van der Waals surface area contributed by atoms with E-state index in [0.29, 0.717) is 36.1 Å². The molecular formula is C20H26N6O4S2. The van der Waals surface area contributed by atoms with Gasteiger partial charge in [0.1, 0.15) is 22.0 Å². The van der Waals surface area contributed by atoms with E-state index in [1.165, 1.54) is 28.5 Å². The number of carbonyl (C=O) groups excluding carboxylic acids is 1. The van der Waals surface area contributed by atoms with Crippen LogP contribution in [0.4, 0.5) is 5.69 Å². The molecule has 0 aliphatic rings. The Morgan fingerprint density at radius 2 is 1.97 bits per heavy atom. The van der Waals surface area contributed by atoms with E-state index in [4.69, 9.17) is 4.74 Å². The van der Waals surface area contributed by atoms with Crippen molar-refractivity contribution < 1.29 is 17.9 Å². The lowest BCUT2D eigenvalue weighted by Crippen LogP contribution is -2.31. The summed E-state index contributed by atoms with van der Waals surface area (Å²) in [6.07, 6.45) is 3.09. The van der Waals surface area contributed by atoms with Crippen LogP contribution in [0.5, 0.6) is 5.75 Å². The summed E-state index contributed by atoms with van der Waals surface area (Å²) < 4.78 is 34.7. The number of nitrogens with zero attached hydrogens (tertiary/aromatic N) is 5. The second-order valence-corrected chi connectivity index (χ2v) is 9.58. The van der Waals surface area contributed by atoms with E-state index in [2.05, 4.69) is 20.4 Å². The lowest BCUT2D eigenvalue weighted by molar-refractivity contribution is -0.113. The Balaban J connectivity index is 1.78. The summed E-state index contributed by atoms with van der Waals surface area (Å²) in [6.45, 7) is 6.32. The van der Waals surface area contributed by atoms with Crippen LogP contribution in [0.15, 0.2) is 40.6 Å². The van der Waals surface area contributed by atoms with Gasteiger partial charge < -0.3 is 10.1 Å². The number of amides is 1. The first-order valence-electron chi connectivity index (χ1n) is 10.1. The van der Waals surface area contributed by atoms with Gasteiger partial charge >= 0.3 is 0 Å². The zero-order chi connectivity index (χ0) is 23.3. The maximum atomic E-state index is 13.1. The smallest absolute Gasteiger partial charge is 0.246 e. The average Bonchev–Trinajstić information content (AvgIpc) is 3.15. The summed E-state index contributed by atoms with van der Waals surface area (Å²) in [6, 6.07) is 4.62. The van der Waals surface area contributed by atoms with Crippen LogP contribution in [0.2, 0.25) is 0 Å². The first-order chi connectivity index (χ1) is 15.3. The quantitative estimate of drug-likeness (QED) is 0.349. The van der Waals surface area contributed by atoms with Crippen molar-refractivity contribution >= 4 is 44.4 Å². The minimum Gasteiger partial charge on any atom is -0.492 e. The summed E-state index contributed by atoms with van der Waals surface area (Å²) in [5, 5.41) is 8.34. The largest absolute Gasteiger partial charge is 0.492 e. The Hall–Kier alpha value is -2.70. The molecule has 12 heteroatoms. The van der Waals surface area contributed by atoms with Crippen LogP contribution in [0, 0.1) is 0 Å². The monoisotopic (exact) mass is 478 g/mol. The van der Waals surface area contributed by atoms with E-state index < -0.39 is 10.0 Å². The Morgan fingerprint density at radius 3 is 2.66 bits per heavy atom. The molecule has 3 rings (SSSR count). The van der Waals surface area contributed by atoms with Crippen LogP contribution in [0.25, 0.3) is 11.0 Å². The number of fused-ring (bicyclic) bond motifs is 1. The average molecular weight is 479 g/mol. The zero-order valence-electron chi connectivity index (χ0n) is 18.4. The maximum Gasteiger partial charge on any atom is 0.246 e. The number of anilines is 1. The van der Waals surface area contributed by atoms with Crippen molar-refractivity contribution in [3.63, 3.8) is 0 Å². The molecule has 172 valence electrons. The van der Waals surface area contributed by atoms with Crippen molar-refractivity contribution in [3.8, 4) is 5.75 Å². The number of sulfonamides is 1. The normalized spacial score (nSPS) is 11.8. The van der Waals surface area contributed by atoms with Crippen LogP contribution >= 0.6 is 11.8 Å².